The number of carbonyl (C=O) groups excluding carboxylic acids is 2. The zero-order valence-electron chi connectivity index (χ0n) is 15.9. The van der Waals surface area contributed by atoms with Gasteiger partial charge in [-0.15, -0.1) is 0 Å². The lowest BCUT2D eigenvalue weighted by Gasteiger charge is -2.28. The number of para-hydroxylation sites is 2. The predicted octanol–water partition coefficient (Wildman–Crippen LogP) is 2.07. The summed E-state index contributed by atoms with van der Waals surface area (Å²) in [6, 6.07) is 10.3. The van der Waals surface area contributed by atoms with Gasteiger partial charge < -0.3 is 10.2 Å². The Labute approximate surface area is 169 Å². The van der Waals surface area contributed by atoms with Gasteiger partial charge >= 0.3 is 0 Å². The standard InChI is InChI=1S/C20H17N5O5/c1-12-8-18(26)22-16-4-2-3-5-17(16)24(12)19(27)10-23-11-21-15-7-6-13(25(29)30)9-14(15)20(23)28/h2-7,9,11-12H,8,10H2,1H3,(H,22,26)/t12-/m1/s1. The fraction of sp³-hybridized carbons (Fsp3) is 0.200. The lowest BCUT2D eigenvalue weighted by atomic mass is 10.1. The molecule has 1 aliphatic heterocycles. The summed E-state index contributed by atoms with van der Waals surface area (Å²) >= 11 is 0. The maximum atomic E-state index is 13.2. The number of nitro benzene ring substituents is 1. The third-order valence-electron chi connectivity index (χ3n) is 4.95. The zero-order chi connectivity index (χ0) is 21.4. The molecule has 10 nitrogen and oxygen atoms in total. The summed E-state index contributed by atoms with van der Waals surface area (Å²) in [5, 5.41) is 13.9. The Kier molecular flexibility index (Phi) is 4.74. The molecule has 0 saturated carbocycles. The summed E-state index contributed by atoms with van der Waals surface area (Å²) in [5.41, 5.74) is 0.572. The molecular weight excluding hydrogens is 390 g/mol. The van der Waals surface area contributed by atoms with Gasteiger partial charge in [0.2, 0.25) is 11.8 Å². The second-order valence-corrected chi connectivity index (χ2v) is 7.02. The first-order valence-electron chi connectivity index (χ1n) is 9.19. The van der Waals surface area contributed by atoms with Crippen LogP contribution in [-0.4, -0.2) is 32.3 Å². The van der Waals surface area contributed by atoms with Gasteiger partial charge in [0, 0.05) is 24.6 Å². The van der Waals surface area contributed by atoms with Crippen LogP contribution in [0.4, 0.5) is 17.1 Å². The molecule has 2 aromatic carbocycles. The highest BCUT2D eigenvalue weighted by atomic mass is 16.6. The van der Waals surface area contributed by atoms with Gasteiger partial charge in [-0.05, 0) is 25.1 Å². The van der Waals surface area contributed by atoms with Crippen molar-refractivity contribution in [1.29, 1.82) is 0 Å². The molecule has 1 N–H and O–H groups in total. The van der Waals surface area contributed by atoms with Gasteiger partial charge in [-0.2, -0.15) is 0 Å². The SMILES string of the molecule is C[C@@H]1CC(=O)Nc2ccccc2N1C(=O)Cn1cnc2ccc([N+](=O)[O-])cc2c1=O. The summed E-state index contributed by atoms with van der Waals surface area (Å²) in [4.78, 5) is 54.1. The molecule has 1 aromatic heterocycles. The van der Waals surface area contributed by atoms with E-state index in [1.807, 2.05) is 0 Å². The zero-order valence-corrected chi connectivity index (χ0v) is 15.9. The molecule has 0 radical (unpaired) electrons. The largest absolute Gasteiger partial charge is 0.324 e. The highest BCUT2D eigenvalue weighted by Gasteiger charge is 2.29. The van der Waals surface area contributed by atoms with Crippen LogP contribution in [-0.2, 0) is 16.1 Å². The molecule has 1 aliphatic rings. The predicted molar refractivity (Wildman–Crippen MR) is 109 cm³/mol. The lowest BCUT2D eigenvalue weighted by Crippen LogP contribution is -2.42. The van der Waals surface area contributed by atoms with Gasteiger partial charge in [-0.1, -0.05) is 12.1 Å². The van der Waals surface area contributed by atoms with Crippen LogP contribution < -0.4 is 15.8 Å². The average Bonchev–Trinajstić information content (AvgIpc) is 2.83. The fourth-order valence-electron chi connectivity index (χ4n) is 3.56. The summed E-state index contributed by atoms with van der Waals surface area (Å²) in [5.74, 6) is -0.609. The van der Waals surface area contributed by atoms with E-state index in [-0.39, 0.29) is 29.9 Å². The van der Waals surface area contributed by atoms with Crippen molar-refractivity contribution in [3.8, 4) is 0 Å². The van der Waals surface area contributed by atoms with Crippen LogP contribution in [0.2, 0.25) is 0 Å². The van der Waals surface area contributed by atoms with Gasteiger partial charge in [-0.3, -0.25) is 29.1 Å². The van der Waals surface area contributed by atoms with Crippen molar-refractivity contribution in [1.82, 2.24) is 9.55 Å². The number of nitro groups is 1. The Balaban J connectivity index is 1.72. The molecule has 0 fully saturated rings. The van der Waals surface area contributed by atoms with Gasteiger partial charge in [-0.25, -0.2) is 4.98 Å². The monoisotopic (exact) mass is 407 g/mol. The Hall–Kier alpha value is -4.08. The highest BCUT2D eigenvalue weighted by molar-refractivity contribution is 6.04. The van der Waals surface area contributed by atoms with Crippen molar-refractivity contribution in [3.05, 3.63) is 69.3 Å². The van der Waals surface area contributed by atoms with Crippen molar-refractivity contribution in [2.75, 3.05) is 10.2 Å². The van der Waals surface area contributed by atoms with E-state index >= 15 is 0 Å². The maximum Gasteiger partial charge on any atom is 0.270 e. The second kappa shape index (κ2) is 7.39. The van der Waals surface area contributed by atoms with E-state index in [9.17, 15) is 24.5 Å². The summed E-state index contributed by atoms with van der Waals surface area (Å²) in [6.07, 6.45) is 1.35. The molecule has 0 unspecified atom stereocenters. The quantitative estimate of drug-likeness (QED) is 0.523. The third kappa shape index (κ3) is 3.39. The molecule has 0 bridgehead atoms. The number of carbonyl (C=O) groups is 2. The average molecular weight is 407 g/mol. The van der Waals surface area contributed by atoms with Crippen LogP contribution in [0.15, 0.2) is 53.6 Å². The van der Waals surface area contributed by atoms with Gasteiger partial charge in [0.1, 0.15) is 6.54 Å². The maximum absolute atomic E-state index is 13.2. The first kappa shape index (κ1) is 19.2. The molecule has 0 saturated heterocycles. The Bertz CT molecular complexity index is 1250. The van der Waals surface area contributed by atoms with Gasteiger partial charge in [0.15, 0.2) is 0 Å². The van der Waals surface area contributed by atoms with Crippen molar-refractivity contribution in [2.45, 2.75) is 25.9 Å². The second-order valence-electron chi connectivity index (χ2n) is 7.02. The highest BCUT2D eigenvalue weighted by Crippen LogP contribution is 2.31. The van der Waals surface area contributed by atoms with E-state index in [1.54, 1.807) is 31.2 Å². The van der Waals surface area contributed by atoms with Crippen LogP contribution in [0.1, 0.15) is 13.3 Å². The van der Waals surface area contributed by atoms with Crippen molar-refractivity contribution in [2.24, 2.45) is 0 Å². The van der Waals surface area contributed by atoms with Crippen molar-refractivity contribution in [3.63, 3.8) is 0 Å². The van der Waals surface area contributed by atoms with E-state index in [1.165, 1.54) is 23.4 Å². The molecule has 2 heterocycles. The molecule has 152 valence electrons. The molecule has 0 aliphatic carbocycles. The number of fused-ring (bicyclic) bond motifs is 2. The summed E-state index contributed by atoms with van der Waals surface area (Å²) in [6.45, 7) is 1.43. The Morgan fingerprint density at radius 3 is 2.80 bits per heavy atom. The molecular formula is C20H17N5O5. The van der Waals surface area contributed by atoms with Crippen molar-refractivity contribution >= 4 is 39.8 Å². The number of anilines is 2. The van der Waals surface area contributed by atoms with Crippen LogP contribution in [0.5, 0.6) is 0 Å². The van der Waals surface area contributed by atoms with Crippen LogP contribution >= 0.6 is 0 Å². The van der Waals surface area contributed by atoms with E-state index in [4.69, 9.17) is 0 Å². The minimum Gasteiger partial charge on any atom is -0.324 e. The van der Waals surface area contributed by atoms with E-state index in [0.29, 0.717) is 16.9 Å². The topological polar surface area (TPSA) is 127 Å². The van der Waals surface area contributed by atoms with Crippen LogP contribution in [0.3, 0.4) is 0 Å². The number of benzene rings is 2. The van der Waals surface area contributed by atoms with E-state index < -0.39 is 22.4 Å². The van der Waals surface area contributed by atoms with Crippen LogP contribution in [0, 0.1) is 10.1 Å². The lowest BCUT2D eigenvalue weighted by molar-refractivity contribution is -0.384. The van der Waals surface area contributed by atoms with Crippen molar-refractivity contribution < 1.29 is 14.5 Å². The molecule has 0 spiro atoms. The van der Waals surface area contributed by atoms with Crippen LogP contribution in [0.25, 0.3) is 10.9 Å². The van der Waals surface area contributed by atoms with E-state index in [2.05, 4.69) is 10.3 Å². The fourth-order valence-corrected chi connectivity index (χ4v) is 3.56. The first-order chi connectivity index (χ1) is 14.3. The van der Waals surface area contributed by atoms with Gasteiger partial charge in [0.05, 0.1) is 33.5 Å². The summed E-state index contributed by atoms with van der Waals surface area (Å²) < 4.78 is 1.11. The number of hydrogen-bond acceptors (Lipinski definition) is 6. The first-order valence-corrected chi connectivity index (χ1v) is 9.19. The minimum atomic E-state index is -0.596. The number of amides is 2. The molecule has 2 amide bonds. The molecule has 10 heteroatoms. The Morgan fingerprint density at radius 2 is 2.03 bits per heavy atom. The molecule has 4 rings (SSSR count). The minimum absolute atomic E-state index is 0.0562. The van der Waals surface area contributed by atoms with Gasteiger partial charge in [0.25, 0.3) is 11.2 Å². The molecule has 3 aromatic rings. The number of aromatic nitrogens is 2. The number of rotatable bonds is 3. The normalized spacial score (nSPS) is 16.0. The number of nitrogens with zero attached hydrogens (tertiary/aromatic N) is 4. The number of hydrogen-bond donors (Lipinski definition) is 1. The summed E-state index contributed by atoms with van der Waals surface area (Å²) in [7, 11) is 0. The number of nitrogens with one attached hydrogen (secondary N) is 1. The number of non-ortho nitro benzene ring substituents is 1. The molecule has 1 atom stereocenters. The van der Waals surface area contributed by atoms with E-state index in [0.717, 1.165) is 10.6 Å². The smallest absolute Gasteiger partial charge is 0.270 e. The third-order valence-corrected chi connectivity index (χ3v) is 4.95. The molecule has 30 heavy (non-hydrogen) atoms. The Morgan fingerprint density at radius 1 is 1.27 bits per heavy atom.